The van der Waals surface area contributed by atoms with E-state index in [4.69, 9.17) is 0 Å². The Morgan fingerprint density at radius 2 is 2.06 bits per heavy atom. The van der Waals surface area contributed by atoms with Crippen molar-refractivity contribution < 1.29 is 15.2 Å². The molecule has 0 saturated carbocycles. The topological polar surface area (TPSA) is 56.7 Å². The van der Waals surface area contributed by atoms with E-state index < -0.39 is 5.97 Å². The number of quaternary nitrogens is 1. The standard InChI is InChI=1S/C13H17NO2/c15-13(16)9-5-11-14-10-4-8-12-6-2-1-3-7-12/h1-4,6-8,14H,5,9-11H2,(H,15,16)/b8-4+. The van der Waals surface area contributed by atoms with E-state index in [1.165, 1.54) is 5.56 Å². The number of carboxylic acids is 1. The molecule has 0 radical (unpaired) electrons. The second-order valence-corrected chi connectivity index (χ2v) is 3.60. The first-order chi connectivity index (χ1) is 7.79. The Labute approximate surface area is 95.8 Å². The summed E-state index contributed by atoms with van der Waals surface area (Å²) in [6, 6.07) is 10.1. The summed E-state index contributed by atoms with van der Waals surface area (Å²) in [5, 5.41) is 12.2. The molecule has 16 heavy (non-hydrogen) atoms. The number of hydrogen-bond acceptors (Lipinski definition) is 2. The molecule has 0 unspecified atom stereocenters. The third-order valence-electron chi connectivity index (χ3n) is 2.20. The van der Waals surface area contributed by atoms with Gasteiger partial charge in [0.2, 0.25) is 0 Å². The van der Waals surface area contributed by atoms with Crippen LogP contribution >= 0.6 is 0 Å². The van der Waals surface area contributed by atoms with Crippen molar-refractivity contribution >= 4 is 12.0 Å². The Morgan fingerprint density at radius 3 is 2.75 bits per heavy atom. The van der Waals surface area contributed by atoms with Crippen molar-refractivity contribution in [2.24, 2.45) is 0 Å². The summed E-state index contributed by atoms with van der Waals surface area (Å²) < 4.78 is 0. The van der Waals surface area contributed by atoms with Gasteiger partial charge < -0.3 is 15.2 Å². The van der Waals surface area contributed by atoms with E-state index in [0.29, 0.717) is 6.42 Å². The van der Waals surface area contributed by atoms with Crippen LogP contribution in [0.25, 0.3) is 6.08 Å². The second-order valence-electron chi connectivity index (χ2n) is 3.60. The number of aliphatic carboxylic acids is 1. The summed E-state index contributed by atoms with van der Waals surface area (Å²) in [4.78, 5) is 10.1. The Kier molecular flexibility index (Phi) is 5.96. The van der Waals surface area contributed by atoms with Gasteiger partial charge in [0.15, 0.2) is 0 Å². The van der Waals surface area contributed by atoms with Crippen molar-refractivity contribution in [3.8, 4) is 0 Å². The molecule has 1 aromatic carbocycles. The zero-order valence-electron chi connectivity index (χ0n) is 9.26. The lowest BCUT2D eigenvalue weighted by atomic mass is 10.2. The number of rotatable bonds is 7. The number of benzene rings is 1. The van der Waals surface area contributed by atoms with Crippen LogP contribution in [0.5, 0.6) is 0 Å². The highest BCUT2D eigenvalue weighted by Gasteiger charge is 1.90. The van der Waals surface area contributed by atoms with Crippen LogP contribution in [0.15, 0.2) is 36.4 Å². The lowest BCUT2D eigenvalue weighted by Gasteiger charge is -2.00. The van der Waals surface area contributed by atoms with E-state index in [9.17, 15) is 9.90 Å². The molecular formula is C13H17NO2. The molecule has 0 aliphatic rings. The fourth-order valence-corrected chi connectivity index (χ4v) is 1.37. The van der Waals surface area contributed by atoms with Crippen molar-refractivity contribution in [3.05, 3.63) is 42.0 Å². The quantitative estimate of drug-likeness (QED) is 0.645. The van der Waals surface area contributed by atoms with E-state index in [0.717, 1.165) is 13.1 Å². The zero-order valence-corrected chi connectivity index (χ0v) is 9.26. The van der Waals surface area contributed by atoms with Crippen LogP contribution in [0.2, 0.25) is 0 Å². The first-order valence-electron chi connectivity index (χ1n) is 5.52. The minimum absolute atomic E-state index is 0.152. The maximum absolute atomic E-state index is 10.1. The van der Waals surface area contributed by atoms with Crippen molar-refractivity contribution in [2.45, 2.75) is 12.8 Å². The molecule has 0 fully saturated rings. The zero-order chi connectivity index (χ0) is 11.6. The summed E-state index contributed by atoms with van der Waals surface area (Å²) in [6.07, 6.45) is 4.96. The van der Waals surface area contributed by atoms with E-state index in [1.54, 1.807) is 0 Å². The highest BCUT2D eigenvalue weighted by molar-refractivity contribution is 5.64. The average Bonchev–Trinajstić information content (AvgIpc) is 2.29. The number of hydrogen-bond donors (Lipinski definition) is 1. The fourth-order valence-electron chi connectivity index (χ4n) is 1.37. The SMILES string of the molecule is O=C([O-])CCC[NH2+]C/C=C/c1ccccc1. The van der Waals surface area contributed by atoms with Gasteiger partial charge in [-0.15, -0.1) is 0 Å². The van der Waals surface area contributed by atoms with Gasteiger partial charge in [-0.1, -0.05) is 36.4 Å². The molecule has 0 heterocycles. The van der Waals surface area contributed by atoms with E-state index in [1.807, 2.05) is 30.3 Å². The minimum Gasteiger partial charge on any atom is -0.550 e. The lowest BCUT2D eigenvalue weighted by molar-refractivity contribution is -0.646. The fraction of sp³-hybridized carbons (Fsp3) is 0.308. The third-order valence-corrected chi connectivity index (χ3v) is 2.20. The molecule has 0 aliphatic heterocycles. The Morgan fingerprint density at radius 1 is 1.31 bits per heavy atom. The van der Waals surface area contributed by atoms with Crippen LogP contribution in [0.4, 0.5) is 0 Å². The first-order valence-corrected chi connectivity index (χ1v) is 5.52. The van der Waals surface area contributed by atoms with Gasteiger partial charge in [0.05, 0.1) is 13.1 Å². The molecule has 0 saturated heterocycles. The number of nitrogens with two attached hydrogens (primary N) is 1. The predicted octanol–water partition coefficient (Wildman–Crippen LogP) is -0.207. The molecule has 86 valence electrons. The third kappa shape index (κ3) is 5.98. The van der Waals surface area contributed by atoms with Crippen molar-refractivity contribution in [2.75, 3.05) is 13.1 Å². The van der Waals surface area contributed by atoms with Crippen LogP contribution in [0.1, 0.15) is 18.4 Å². The van der Waals surface area contributed by atoms with Crippen LogP contribution in [0.3, 0.4) is 0 Å². The van der Waals surface area contributed by atoms with Gasteiger partial charge in [-0.05, 0) is 18.1 Å². The molecule has 1 rings (SSSR count). The molecule has 0 aromatic heterocycles. The molecule has 2 N–H and O–H groups in total. The van der Waals surface area contributed by atoms with E-state index in [-0.39, 0.29) is 6.42 Å². The smallest absolute Gasteiger partial charge is 0.0945 e. The van der Waals surface area contributed by atoms with E-state index in [2.05, 4.69) is 17.5 Å². The number of carbonyl (C=O) groups is 1. The normalized spacial score (nSPS) is 10.8. The Bertz CT molecular complexity index is 333. The van der Waals surface area contributed by atoms with E-state index >= 15 is 0 Å². The van der Waals surface area contributed by atoms with Gasteiger partial charge in [0.1, 0.15) is 0 Å². The molecule has 3 nitrogen and oxygen atoms in total. The molecule has 1 aromatic rings. The Hall–Kier alpha value is -1.61. The maximum Gasteiger partial charge on any atom is 0.0945 e. The molecule has 0 bridgehead atoms. The van der Waals surface area contributed by atoms with Crippen LogP contribution < -0.4 is 10.4 Å². The van der Waals surface area contributed by atoms with Crippen molar-refractivity contribution in [1.82, 2.24) is 0 Å². The van der Waals surface area contributed by atoms with Gasteiger partial charge in [0.25, 0.3) is 0 Å². The monoisotopic (exact) mass is 219 g/mol. The second kappa shape index (κ2) is 7.65. The minimum atomic E-state index is -0.965. The molecule has 0 spiro atoms. The first kappa shape index (κ1) is 12.5. The van der Waals surface area contributed by atoms with Gasteiger partial charge in [0, 0.05) is 12.4 Å². The summed E-state index contributed by atoms with van der Waals surface area (Å²) in [5.74, 6) is -0.965. The maximum atomic E-state index is 10.1. The molecular weight excluding hydrogens is 202 g/mol. The van der Waals surface area contributed by atoms with Gasteiger partial charge >= 0.3 is 0 Å². The predicted molar refractivity (Wildman–Crippen MR) is 61.4 cm³/mol. The van der Waals surface area contributed by atoms with Crippen LogP contribution in [0, 0.1) is 0 Å². The largest absolute Gasteiger partial charge is 0.550 e. The average molecular weight is 219 g/mol. The molecule has 3 heteroatoms. The van der Waals surface area contributed by atoms with Gasteiger partial charge in [-0.25, -0.2) is 0 Å². The van der Waals surface area contributed by atoms with Gasteiger partial charge in [-0.3, -0.25) is 0 Å². The van der Waals surface area contributed by atoms with Crippen molar-refractivity contribution in [3.63, 3.8) is 0 Å². The van der Waals surface area contributed by atoms with Crippen LogP contribution in [-0.4, -0.2) is 19.1 Å². The summed E-state index contributed by atoms with van der Waals surface area (Å²) in [6.45, 7) is 1.70. The highest BCUT2D eigenvalue weighted by Crippen LogP contribution is 1.99. The van der Waals surface area contributed by atoms with Crippen LogP contribution in [-0.2, 0) is 4.79 Å². The van der Waals surface area contributed by atoms with Gasteiger partial charge in [-0.2, -0.15) is 0 Å². The number of carboxylic acid groups (broad SMARTS) is 1. The molecule has 0 atom stereocenters. The summed E-state index contributed by atoms with van der Waals surface area (Å²) in [7, 11) is 0. The van der Waals surface area contributed by atoms with Crippen molar-refractivity contribution in [1.29, 1.82) is 0 Å². The Balaban J connectivity index is 2.07. The molecule has 0 aliphatic carbocycles. The summed E-state index contributed by atoms with van der Waals surface area (Å²) in [5.41, 5.74) is 1.19. The lowest BCUT2D eigenvalue weighted by Crippen LogP contribution is -2.84. The highest BCUT2D eigenvalue weighted by atomic mass is 16.4. The molecule has 0 amide bonds. The number of carbonyl (C=O) groups excluding carboxylic acids is 1. The summed E-state index contributed by atoms with van der Waals surface area (Å²) >= 11 is 0.